The molecule has 1 aliphatic heterocycles. The molecule has 2 amide bonds. The summed E-state index contributed by atoms with van der Waals surface area (Å²) in [4.78, 5) is 25.4. The summed E-state index contributed by atoms with van der Waals surface area (Å²) in [5, 5.41) is 12.2. The number of nitrogens with zero attached hydrogens (tertiary/aromatic N) is 1. The third kappa shape index (κ3) is 3.17. The van der Waals surface area contributed by atoms with E-state index >= 15 is 0 Å². The number of carbonyl (C=O) groups is 2. The monoisotopic (exact) mass is 290 g/mol. The maximum atomic E-state index is 12.4. The molecule has 0 aromatic heterocycles. The molecule has 0 bridgehead atoms. The number of rotatable bonds is 3. The number of hydrogen-bond acceptors (Lipinski definition) is 2. The Morgan fingerprint density at radius 2 is 2.00 bits per heavy atom. The van der Waals surface area contributed by atoms with Crippen molar-refractivity contribution in [3.8, 4) is 0 Å². The van der Waals surface area contributed by atoms with Crippen LogP contribution in [0.3, 0.4) is 0 Å². The SMILES string of the molecule is CC(C)C(C)NC(=O)N1CCCc2c(C(=O)O)cccc21. The van der Waals surface area contributed by atoms with Gasteiger partial charge in [-0.3, -0.25) is 4.90 Å². The lowest BCUT2D eigenvalue weighted by atomic mass is 9.96. The number of carboxylic acids is 1. The summed E-state index contributed by atoms with van der Waals surface area (Å²) >= 11 is 0. The summed E-state index contributed by atoms with van der Waals surface area (Å²) in [6.07, 6.45) is 1.47. The third-order valence-corrected chi connectivity index (χ3v) is 4.08. The molecule has 2 N–H and O–H groups in total. The minimum absolute atomic E-state index is 0.0746. The molecule has 5 heteroatoms. The van der Waals surface area contributed by atoms with Gasteiger partial charge in [0.2, 0.25) is 0 Å². The van der Waals surface area contributed by atoms with Crippen LogP contribution in [0.25, 0.3) is 0 Å². The molecule has 1 atom stereocenters. The summed E-state index contributed by atoms with van der Waals surface area (Å²) in [7, 11) is 0. The van der Waals surface area contributed by atoms with Gasteiger partial charge < -0.3 is 10.4 Å². The Labute approximate surface area is 125 Å². The van der Waals surface area contributed by atoms with Crippen LogP contribution in [0.15, 0.2) is 18.2 Å². The highest BCUT2D eigenvalue weighted by Crippen LogP contribution is 2.30. The van der Waals surface area contributed by atoms with E-state index in [2.05, 4.69) is 19.2 Å². The van der Waals surface area contributed by atoms with Gasteiger partial charge in [-0.15, -0.1) is 0 Å². The molecule has 21 heavy (non-hydrogen) atoms. The van der Waals surface area contributed by atoms with Crippen molar-refractivity contribution in [3.05, 3.63) is 29.3 Å². The average molecular weight is 290 g/mol. The molecule has 0 saturated carbocycles. The molecule has 0 radical (unpaired) electrons. The Morgan fingerprint density at radius 1 is 1.29 bits per heavy atom. The lowest BCUT2D eigenvalue weighted by Crippen LogP contribution is -2.47. The Bertz CT molecular complexity index is 554. The Balaban J connectivity index is 2.28. The van der Waals surface area contributed by atoms with Gasteiger partial charge in [-0.25, -0.2) is 9.59 Å². The van der Waals surface area contributed by atoms with Crippen LogP contribution in [0.2, 0.25) is 0 Å². The number of hydrogen-bond donors (Lipinski definition) is 2. The molecule has 0 spiro atoms. The van der Waals surface area contributed by atoms with Crippen LogP contribution in [0.5, 0.6) is 0 Å². The van der Waals surface area contributed by atoms with Crippen molar-refractivity contribution < 1.29 is 14.7 Å². The molecule has 1 aromatic rings. The lowest BCUT2D eigenvalue weighted by Gasteiger charge is -2.32. The number of benzene rings is 1. The van der Waals surface area contributed by atoms with Gasteiger partial charge >= 0.3 is 12.0 Å². The maximum absolute atomic E-state index is 12.4. The highest BCUT2D eigenvalue weighted by atomic mass is 16.4. The predicted octanol–water partition coefficient (Wildman–Crippen LogP) is 2.89. The van der Waals surface area contributed by atoms with E-state index in [-0.39, 0.29) is 12.1 Å². The molecule has 1 aliphatic rings. The standard InChI is InChI=1S/C16H22N2O3/c1-10(2)11(3)17-16(21)18-9-5-7-12-13(15(19)20)6-4-8-14(12)18/h4,6,8,10-11H,5,7,9H2,1-3H3,(H,17,21)(H,19,20). The van der Waals surface area contributed by atoms with Crippen molar-refractivity contribution >= 4 is 17.7 Å². The van der Waals surface area contributed by atoms with E-state index in [0.29, 0.717) is 24.4 Å². The molecular formula is C16H22N2O3. The van der Waals surface area contributed by atoms with Crippen LogP contribution in [0.1, 0.15) is 43.1 Å². The minimum atomic E-state index is -0.940. The number of nitrogens with one attached hydrogen (secondary N) is 1. The first kappa shape index (κ1) is 15.4. The van der Waals surface area contributed by atoms with Crippen LogP contribution in [-0.2, 0) is 6.42 Å². The Morgan fingerprint density at radius 3 is 2.62 bits per heavy atom. The summed E-state index contributed by atoms with van der Waals surface area (Å²) in [6.45, 7) is 6.70. The van der Waals surface area contributed by atoms with E-state index < -0.39 is 5.97 Å². The zero-order valence-electron chi connectivity index (χ0n) is 12.7. The van der Waals surface area contributed by atoms with E-state index in [1.807, 2.05) is 13.0 Å². The Hall–Kier alpha value is -2.04. The second kappa shape index (κ2) is 6.16. The quantitative estimate of drug-likeness (QED) is 0.899. The lowest BCUT2D eigenvalue weighted by molar-refractivity contribution is 0.0695. The fourth-order valence-electron chi connectivity index (χ4n) is 2.48. The number of urea groups is 1. The zero-order chi connectivity index (χ0) is 15.6. The number of anilines is 1. The first-order valence-corrected chi connectivity index (χ1v) is 7.35. The Kier molecular flexibility index (Phi) is 4.50. The van der Waals surface area contributed by atoms with E-state index in [0.717, 1.165) is 17.7 Å². The number of amides is 2. The van der Waals surface area contributed by atoms with Crippen molar-refractivity contribution in [1.29, 1.82) is 0 Å². The summed E-state index contributed by atoms with van der Waals surface area (Å²) in [5.41, 5.74) is 1.76. The second-order valence-corrected chi connectivity index (χ2v) is 5.85. The van der Waals surface area contributed by atoms with Gasteiger partial charge in [0.15, 0.2) is 0 Å². The fraction of sp³-hybridized carbons (Fsp3) is 0.500. The number of fused-ring (bicyclic) bond motifs is 1. The van der Waals surface area contributed by atoms with Crippen molar-refractivity contribution in [2.45, 2.75) is 39.7 Å². The molecule has 2 rings (SSSR count). The van der Waals surface area contributed by atoms with E-state index in [9.17, 15) is 14.7 Å². The summed E-state index contributed by atoms with van der Waals surface area (Å²) in [5.74, 6) is -0.590. The molecule has 1 aromatic carbocycles. The van der Waals surface area contributed by atoms with Crippen LogP contribution in [0.4, 0.5) is 10.5 Å². The molecular weight excluding hydrogens is 268 g/mol. The predicted molar refractivity (Wildman–Crippen MR) is 81.9 cm³/mol. The van der Waals surface area contributed by atoms with Crippen LogP contribution in [0, 0.1) is 5.92 Å². The zero-order valence-corrected chi connectivity index (χ0v) is 12.7. The molecule has 114 valence electrons. The summed E-state index contributed by atoms with van der Waals surface area (Å²) < 4.78 is 0. The minimum Gasteiger partial charge on any atom is -0.478 e. The van der Waals surface area contributed by atoms with E-state index in [1.165, 1.54) is 0 Å². The highest BCUT2D eigenvalue weighted by molar-refractivity contribution is 5.97. The molecule has 1 heterocycles. The smallest absolute Gasteiger partial charge is 0.336 e. The van der Waals surface area contributed by atoms with Crippen LogP contribution in [-0.4, -0.2) is 29.7 Å². The highest BCUT2D eigenvalue weighted by Gasteiger charge is 2.26. The molecule has 5 nitrogen and oxygen atoms in total. The van der Waals surface area contributed by atoms with E-state index in [4.69, 9.17) is 0 Å². The molecule has 1 unspecified atom stereocenters. The maximum Gasteiger partial charge on any atom is 0.336 e. The van der Waals surface area contributed by atoms with Gasteiger partial charge in [0.1, 0.15) is 0 Å². The number of aromatic carboxylic acids is 1. The van der Waals surface area contributed by atoms with Crippen molar-refractivity contribution in [3.63, 3.8) is 0 Å². The first-order chi connectivity index (χ1) is 9.91. The fourth-order valence-corrected chi connectivity index (χ4v) is 2.48. The normalized spacial score (nSPS) is 15.5. The van der Waals surface area contributed by atoms with Gasteiger partial charge in [0, 0.05) is 18.3 Å². The first-order valence-electron chi connectivity index (χ1n) is 7.35. The van der Waals surface area contributed by atoms with Crippen molar-refractivity contribution in [2.24, 2.45) is 5.92 Å². The number of carbonyl (C=O) groups excluding carboxylic acids is 1. The van der Waals surface area contributed by atoms with E-state index in [1.54, 1.807) is 17.0 Å². The van der Waals surface area contributed by atoms with Crippen LogP contribution < -0.4 is 10.2 Å². The third-order valence-electron chi connectivity index (χ3n) is 4.08. The van der Waals surface area contributed by atoms with Gasteiger partial charge in [-0.1, -0.05) is 19.9 Å². The molecule has 0 fully saturated rings. The van der Waals surface area contributed by atoms with Gasteiger partial charge in [0.25, 0.3) is 0 Å². The summed E-state index contributed by atoms with van der Waals surface area (Å²) in [6, 6.07) is 5.03. The average Bonchev–Trinajstić information content (AvgIpc) is 2.45. The second-order valence-electron chi connectivity index (χ2n) is 5.85. The largest absolute Gasteiger partial charge is 0.478 e. The topological polar surface area (TPSA) is 69.6 Å². The van der Waals surface area contributed by atoms with Gasteiger partial charge in [-0.05, 0) is 43.4 Å². The van der Waals surface area contributed by atoms with Crippen molar-refractivity contribution in [1.82, 2.24) is 5.32 Å². The molecule has 0 aliphatic carbocycles. The molecule has 0 saturated heterocycles. The van der Waals surface area contributed by atoms with Crippen LogP contribution >= 0.6 is 0 Å². The van der Waals surface area contributed by atoms with Crippen molar-refractivity contribution in [2.75, 3.05) is 11.4 Å². The van der Waals surface area contributed by atoms with Gasteiger partial charge in [-0.2, -0.15) is 0 Å². The van der Waals surface area contributed by atoms with Gasteiger partial charge in [0.05, 0.1) is 5.56 Å². The number of carboxylic acid groups (broad SMARTS) is 1.